The van der Waals surface area contributed by atoms with Crippen molar-refractivity contribution >= 4 is 11.9 Å². The summed E-state index contributed by atoms with van der Waals surface area (Å²) >= 11 is 0. The fourth-order valence-corrected chi connectivity index (χ4v) is 4.95. The molecule has 4 aromatic rings. The fourth-order valence-electron chi connectivity index (χ4n) is 4.95. The number of rotatable bonds is 4. The lowest BCUT2D eigenvalue weighted by atomic mass is 9.88. The number of aromatic nitrogens is 3. The van der Waals surface area contributed by atoms with Crippen molar-refractivity contribution in [1.29, 1.82) is 0 Å². The van der Waals surface area contributed by atoms with Crippen molar-refractivity contribution in [2.75, 3.05) is 0 Å². The highest BCUT2D eigenvalue weighted by Gasteiger charge is 2.32. The molecule has 31 heavy (non-hydrogen) atoms. The summed E-state index contributed by atoms with van der Waals surface area (Å²) in [6.45, 7) is 0. The molecular weight excluding hydrogens is 382 g/mol. The van der Waals surface area contributed by atoms with E-state index in [9.17, 15) is 4.79 Å². The van der Waals surface area contributed by atoms with Crippen LogP contribution >= 0.6 is 0 Å². The van der Waals surface area contributed by atoms with Crippen LogP contribution < -0.4 is 0 Å². The highest BCUT2D eigenvalue weighted by atomic mass is 16.1. The van der Waals surface area contributed by atoms with Crippen molar-refractivity contribution in [2.45, 2.75) is 18.8 Å². The Labute approximate surface area is 180 Å². The van der Waals surface area contributed by atoms with E-state index in [-0.39, 0.29) is 11.7 Å². The molecule has 0 saturated heterocycles. The molecule has 4 nitrogen and oxygen atoms in total. The van der Waals surface area contributed by atoms with Crippen LogP contribution in [-0.2, 0) is 6.42 Å². The fraction of sp³-hybridized carbons (Fsp3) is 0.111. The van der Waals surface area contributed by atoms with Gasteiger partial charge in [-0.3, -0.25) is 9.78 Å². The molecule has 0 spiro atoms. The van der Waals surface area contributed by atoms with Gasteiger partial charge in [0.15, 0.2) is 5.78 Å². The van der Waals surface area contributed by atoms with E-state index in [4.69, 9.17) is 0 Å². The monoisotopic (exact) mass is 401 g/mol. The number of allylic oxidation sites excluding steroid dienone is 1. The van der Waals surface area contributed by atoms with Gasteiger partial charge in [-0.25, -0.2) is 9.97 Å². The van der Waals surface area contributed by atoms with Crippen LogP contribution in [0.1, 0.15) is 45.1 Å². The molecule has 0 fully saturated rings. The SMILES string of the molecule is O=C(CC1c2ccccc2-c2c(-c3cncnc3)cccc21)c1ccnc2c1C=CC2. The summed E-state index contributed by atoms with van der Waals surface area (Å²) in [6.07, 6.45) is 12.3. The molecular formula is C27H19N3O. The molecule has 2 aliphatic rings. The summed E-state index contributed by atoms with van der Waals surface area (Å²) < 4.78 is 0. The summed E-state index contributed by atoms with van der Waals surface area (Å²) in [4.78, 5) is 26.3. The van der Waals surface area contributed by atoms with Crippen molar-refractivity contribution in [3.63, 3.8) is 0 Å². The lowest BCUT2D eigenvalue weighted by Crippen LogP contribution is -2.09. The lowest BCUT2D eigenvalue weighted by molar-refractivity contribution is 0.0977. The summed E-state index contributed by atoms with van der Waals surface area (Å²) in [5.74, 6) is 0.184. The van der Waals surface area contributed by atoms with Gasteiger partial charge in [-0.05, 0) is 33.9 Å². The predicted molar refractivity (Wildman–Crippen MR) is 121 cm³/mol. The second kappa shape index (κ2) is 7.10. The first-order valence-corrected chi connectivity index (χ1v) is 10.5. The van der Waals surface area contributed by atoms with Crippen molar-refractivity contribution in [3.05, 3.63) is 107 Å². The van der Waals surface area contributed by atoms with Crippen LogP contribution in [0.3, 0.4) is 0 Å². The third-order valence-corrected chi connectivity index (χ3v) is 6.31. The molecule has 2 aliphatic carbocycles. The Balaban J connectivity index is 1.46. The zero-order chi connectivity index (χ0) is 20.8. The Morgan fingerprint density at radius 1 is 0.935 bits per heavy atom. The minimum Gasteiger partial charge on any atom is -0.294 e. The number of carbonyl (C=O) groups excluding carboxylic acids is 1. The van der Waals surface area contributed by atoms with Crippen LogP contribution in [0.15, 0.2) is 79.5 Å². The molecule has 0 amide bonds. The number of benzene rings is 2. The highest BCUT2D eigenvalue weighted by Crippen LogP contribution is 2.50. The van der Waals surface area contributed by atoms with Crippen LogP contribution in [0.5, 0.6) is 0 Å². The number of hydrogen-bond acceptors (Lipinski definition) is 4. The molecule has 1 unspecified atom stereocenters. The summed E-state index contributed by atoms with van der Waals surface area (Å²) in [5.41, 5.74) is 9.61. The Morgan fingerprint density at radius 2 is 1.74 bits per heavy atom. The van der Waals surface area contributed by atoms with E-state index in [0.29, 0.717) is 6.42 Å². The molecule has 0 radical (unpaired) electrons. The summed E-state index contributed by atoms with van der Waals surface area (Å²) in [5, 5.41) is 0. The maximum Gasteiger partial charge on any atom is 0.164 e. The van der Waals surface area contributed by atoms with E-state index in [1.165, 1.54) is 22.3 Å². The van der Waals surface area contributed by atoms with Crippen molar-refractivity contribution in [2.24, 2.45) is 0 Å². The molecule has 0 aliphatic heterocycles. The molecule has 2 heterocycles. The Morgan fingerprint density at radius 3 is 2.65 bits per heavy atom. The largest absolute Gasteiger partial charge is 0.294 e. The number of fused-ring (bicyclic) bond motifs is 4. The van der Waals surface area contributed by atoms with Gasteiger partial charge >= 0.3 is 0 Å². The first-order valence-electron chi connectivity index (χ1n) is 10.5. The Bertz CT molecular complexity index is 1360. The van der Waals surface area contributed by atoms with Gasteiger partial charge in [0.25, 0.3) is 0 Å². The van der Waals surface area contributed by atoms with E-state index in [2.05, 4.69) is 63.5 Å². The molecule has 0 N–H and O–H groups in total. The van der Waals surface area contributed by atoms with Gasteiger partial charge in [0.2, 0.25) is 0 Å². The normalized spacial score (nSPS) is 15.4. The second-order valence-electron chi connectivity index (χ2n) is 7.99. The van der Waals surface area contributed by atoms with Crippen LogP contribution in [0.25, 0.3) is 28.3 Å². The zero-order valence-corrected chi connectivity index (χ0v) is 16.8. The average Bonchev–Trinajstić information content (AvgIpc) is 3.43. The highest BCUT2D eigenvalue weighted by molar-refractivity contribution is 6.02. The van der Waals surface area contributed by atoms with E-state index in [0.717, 1.165) is 34.4 Å². The third kappa shape index (κ3) is 2.83. The number of pyridine rings is 1. The van der Waals surface area contributed by atoms with E-state index in [1.54, 1.807) is 12.5 Å². The van der Waals surface area contributed by atoms with E-state index >= 15 is 0 Å². The number of carbonyl (C=O) groups is 1. The van der Waals surface area contributed by atoms with Crippen LogP contribution in [0.2, 0.25) is 0 Å². The first kappa shape index (κ1) is 17.9. The van der Waals surface area contributed by atoms with Gasteiger partial charge in [-0.15, -0.1) is 0 Å². The number of ketones is 1. The first-order chi connectivity index (χ1) is 15.3. The van der Waals surface area contributed by atoms with Crippen molar-refractivity contribution in [3.8, 4) is 22.3 Å². The van der Waals surface area contributed by atoms with Gasteiger partial charge in [0.1, 0.15) is 6.33 Å². The molecule has 148 valence electrons. The standard InChI is InChI=1S/C27H19N3O/c31-26(21-11-12-30-25-10-4-8-20(21)25)13-24-19-5-1-2-6-22(19)27-18(7-3-9-23(24)27)17-14-28-16-29-15-17/h1-9,11-12,14-16,24H,10,13H2. The maximum atomic E-state index is 13.5. The Kier molecular flexibility index (Phi) is 4.10. The number of Topliss-reactive ketones (excluding diaryl/α,β-unsaturated/α-hetero) is 1. The smallest absolute Gasteiger partial charge is 0.164 e. The predicted octanol–water partition coefficient (Wildman–Crippen LogP) is 5.49. The van der Waals surface area contributed by atoms with Gasteiger partial charge < -0.3 is 0 Å². The van der Waals surface area contributed by atoms with Crippen molar-refractivity contribution < 1.29 is 4.79 Å². The third-order valence-electron chi connectivity index (χ3n) is 6.31. The molecule has 1 atom stereocenters. The minimum absolute atomic E-state index is 0.0254. The average molecular weight is 401 g/mol. The second-order valence-corrected chi connectivity index (χ2v) is 7.99. The maximum absolute atomic E-state index is 13.5. The molecule has 0 saturated carbocycles. The molecule has 2 aromatic heterocycles. The van der Waals surface area contributed by atoms with Gasteiger partial charge in [0, 0.05) is 54.0 Å². The van der Waals surface area contributed by atoms with Crippen LogP contribution in [0.4, 0.5) is 0 Å². The van der Waals surface area contributed by atoms with Crippen LogP contribution in [0, 0.1) is 0 Å². The van der Waals surface area contributed by atoms with Crippen LogP contribution in [-0.4, -0.2) is 20.7 Å². The van der Waals surface area contributed by atoms with Gasteiger partial charge in [-0.2, -0.15) is 0 Å². The van der Waals surface area contributed by atoms with Gasteiger partial charge in [-0.1, -0.05) is 54.6 Å². The zero-order valence-electron chi connectivity index (χ0n) is 16.8. The number of nitrogens with zero attached hydrogens (tertiary/aromatic N) is 3. The molecule has 6 rings (SSSR count). The minimum atomic E-state index is 0.0254. The van der Waals surface area contributed by atoms with Gasteiger partial charge in [0.05, 0.1) is 5.69 Å². The van der Waals surface area contributed by atoms with Crippen molar-refractivity contribution in [1.82, 2.24) is 15.0 Å². The molecule has 0 bridgehead atoms. The number of hydrogen-bond donors (Lipinski definition) is 0. The Hall–Kier alpha value is -3.92. The summed E-state index contributed by atoms with van der Waals surface area (Å²) in [6, 6.07) is 16.6. The molecule has 4 heteroatoms. The van der Waals surface area contributed by atoms with E-state index in [1.807, 2.05) is 24.5 Å². The topological polar surface area (TPSA) is 55.7 Å². The summed E-state index contributed by atoms with van der Waals surface area (Å²) in [7, 11) is 0. The van der Waals surface area contributed by atoms with E-state index < -0.39 is 0 Å². The lowest BCUT2D eigenvalue weighted by Gasteiger charge is -2.15. The molecule has 2 aromatic carbocycles. The quantitative estimate of drug-likeness (QED) is 0.424.